The molecule has 1 heterocycles. The molecule has 2 N–H and O–H groups in total. The molecule has 0 unspecified atom stereocenters. The molecule has 0 bridgehead atoms. The average molecular weight is 300 g/mol. The molecule has 108 valence electrons. The summed E-state index contributed by atoms with van der Waals surface area (Å²) in [4.78, 5) is 4.33. The van der Waals surface area contributed by atoms with Gasteiger partial charge in [-0.1, -0.05) is 12.8 Å². The molecule has 3 rings (SSSR count). The van der Waals surface area contributed by atoms with Crippen molar-refractivity contribution in [2.24, 2.45) is 5.73 Å². The van der Waals surface area contributed by atoms with Crippen LogP contribution in [0.5, 0.6) is 0 Å². The summed E-state index contributed by atoms with van der Waals surface area (Å²) in [6, 6.07) is 3.72. The molecule has 1 aromatic carbocycles. The van der Waals surface area contributed by atoms with Crippen LogP contribution in [0.1, 0.15) is 36.3 Å². The lowest BCUT2D eigenvalue weighted by atomic mass is 9.95. The number of thiazole rings is 1. The van der Waals surface area contributed by atoms with Crippen LogP contribution in [0.3, 0.4) is 0 Å². The average Bonchev–Trinajstić information content (AvgIpc) is 2.92. The van der Waals surface area contributed by atoms with E-state index in [2.05, 4.69) is 4.98 Å². The van der Waals surface area contributed by atoms with Crippen LogP contribution in [0.25, 0.3) is 10.2 Å². The van der Waals surface area contributed by atoms with Gasteiger partial charge in [-0.2, -0.15) is 13.2 Å². The largest absolute Gasteiger partial charge is 0.416 e. The lowest BCUT2D eigenvalue weighted by Gasteiger charge is -2.21. The number of fused-ring (bicyclic) bond motifs is 1. The maximum atomic E-state index is 12.7. The van der Waals surface area contributed by atoms with Crippen molar-refractivity contribution in [3.8, 4) is 0 Å². The zero-order valence-electron chi connectivity index (χ0n) is 10.8. The normalized spacial score (nSPS) is 18.8. The highest BCUT2D eigenvalue weighted by atomic mass is 32.1. The van der Waals surface area contributed by atoms with Gasteiger partial charge >= 0.3 is 6.18 Å². The molecule has 2 aromatic rings. The molecular weight excluding hydrogens is 285 g/mol. The molecule has 0 aliphatic heterocycles. The molecule has 0 amide bonds. The van der Waals surface area contributed by atoms with Gasteiger partial charge < -0.3 is 5.73 Å². The van der Waals surface area contributed by atoms with Crippen LogP contribution in [0, 0.1) is 0 Å². The number of aromatic nitrogens is 1. The predicted molar refractivity (Wildman–Crippen MR) is 73.7 cm³/mol. The van der Waals surface area contributed by atoms with Crippen LogP contribution in [-0.4, -0.2) is 10.5 Å². The summed E-state index contributed by atoms with van der Waals surface area (Å²) in [5.41, 5.74) is 5.85. The van der Waals surface area contributed by atoms with E-state index in [-0.39, 0.29) is 5.54 Å². The molecule has 6 heteroatoms. The first-order valence-electron chi connectivity index (χ1n) is 6.61. The fourth-order valence-electron chi connectivity index (χ4n) is 2.78. The smallest absolute Gasteiger partial charge is 0.325 e. The third kappa shape index (κ3) is 2.67. The van der Waals surface area contributed by atoms with E-state index < -0.39 is 11.7 Å². The minimum atomic E-state index is -4.32. The fourth-order valence-corrected chi connectivity index (χ4v) is 3.89. The van der Waals surface area contributed by atoms with E-state index in [9.17, 15) is 13.2 Å². The molecule has 1 aromatic heterocycles. The Morgan fingerprint density at radius 3 is 2.60 bits per heavy atom. The van der Waals surface area contributed by atoms with Gasteiger partial charge in [0.1, 0.15) is 0 Å². The minimum absolute atomic E-state index is 0.221. The van der Waals surface area contributed by atoms with Crippen LogP contribution < -0.4 is 5.73 Å². The highest BCUT2D eigenvalue weighted by Crippen LogP contribution is 2.35. The summed E-state index contributed by atoms with van der Waals surface area (Å²) in [5, 5.41) is 0.837. The van der Waals surface area contributed by atoms with Gasteiger partial charge in [0.25, 0.3) is 0 Å². The monoisotopic (exact) mass is 300 g/mol. The Bertz CT molecular complexity index is 627. The number of benzene rings is 1. The zero-order chi connectivity index (χ0) is 14.4. The van der Waals surface area contributed by atoms with Gasteiger partial charge in [0, 0.05) is 12.0 Å². The van der Waals surface area contributed by atoms with Gasteiger partial charge in [-0.3, -0.25) is 0 Å². The Labute approximate surface area is 118 Å². The molecule has 0 radical (unpaired) electrons. The van der Waals surface area contributed by atoms with Gasteiger partial charge in [0.2, 0.25) is 0 Å². The molecule has 0 saturated heterocycles. The Hall–Kier alpha value is -1.14. The molecule has 1 aliphatic rings. The molecule has 20 heavy (non-hydrogen) atoms. The lowest BCUT2D eigenvalue weighted by Crippen LogP contribution is -2.38. The van der Waals surface area contributed by atoms with Crippen molar-refractivity contribution < 1.29 is 13.2 Å². The molecule has 1 aliphatic carbocycles. The van der Waals surface area contributed by atoms with Crippen molar-refractivity contribution in [3.05, 3.63) is 28.8 Å². The van der Waals surface area contributed by atoms with Crippen molar-refractivity contribution in [2.45, 2.75) is 43.8 Å². The first-order chi connectivity index (χ1) is 9.36. The van der Waals surface area contributed by atoms with Crippen LogP contribution in [0.4, 0.5) is 13.2 Å². The third-order valence-electron chi connectivity index (χ3n) is 3.86. The van der Waals surface area contributed by atoms with Gasteiger partial charge in [-0.15, -0.1) is 11.3 Å². The van der Waals surface area contributed by atoms with Gasteiger partial charge in [-0.05, 0) is 31.0 Å². The number of halogens is 3. The summed E-state index contributed by atoms with van der Waals surface area (Å²) in [5.74, 6) is 0. The summed E-state index contributed by atoms with van der Waals surface area (Å²) in [6.45, 7) is 0. The van der Waals surface area contributed by atoms with E-state index in [4.69, 9.17) is 5.73 Å². The molecule has 2 nitrogen and oxygen atoms in total. The number of hydrogen-bond acceptors (Lipinski definition) is 3. The Morgan fingerprint density at radius 1 is 1.25 bits per heavy atom. The Kier molecular flexibility index (Phi) is 3.25. The second-order valence-electron chi connectivity index (χ2n) is 5.53. The van der Waals surface area contributed by atoms with E-state index in [1.165, 1.54) is 17.4 Å². The Morgan fingerprint density at radius 2 is 1.95 bits per heavy atom. The van der Waals surface area contributed by atoms with Crippen LogP contribution in [0.2, 0.25) is 0 Å². The topological polar surface area (TPSA) is 38.9 Å². The summed E-state index contributed by atoms with van der Waals surface area (Å²) < 4.78 is 38.8. The van der Waals surface area contributed by atoms with E-state index in [0.717, 1.165) is 47.5 Å². The number of nitrogens with zero attached hydrogens (tertiary/aromatic N) is 1. The minimum Gasteiger partial charge on any atom is -0.325 e. The first-order valence-corrected chi connectivity index (χ1v) is 7.43. The SMILES string of the molecule is NC1(Cc2nc3cc(C(F)(F)F)ccc3s2)CCCC1. The van der Waals surface area contributed by atoms with Gasteiger partial charge in [0.05, 0.1) is 20.8 Å². The molecule has 1 fully saturated rings. The number of hydrogen-bond donors (Lipinski definition) is 1. The highest BCUT2D eigenvalue weighted by molar-refractivity contribution is 7.18. The van der Waals surface area contributed by atoms with Crippen molar-refractivity contribution in [3.63, 3.8) is 0 Å². The fraction of sp³-hybridized carbons (Fsp3) is 0.500. The number of rotatable bonds is 2. The van der Waals surface area contributed by atoms with Gasteiger partial charge in [-0.25, -0.2) is 4.98 Å². The summed E-state index contributed by atoms with van der Waals surface area (Å²) in [6.07, 6.45) is 0.527. The zero-order valence-corrected chi connectivity index (χ0v) is 11.7. The van der Waals surface area contributed by atoms with Crippen LogP contribution >= 0.6 is 11.3 Å². The quantitative estimate of drug-likeness (QED) is 0.905. The predicted octanol–water partition coefficient (Wildman–Crippen LogP) is 4.13. The molecule has 1 saturated carbocycles. The van der Waals surface area contributed by atoms with Crippen LogP contribution in [0.15, 0.2) is 18.2 Å². The third-order valence-corrected chi connectivity index (χ3v) is 4.90. The summed E-state index contributed by atoms with van der Waals surface area (Å²) in [7, 11) is 0. The molecule has 0 atom stereocenters. The Balaban J connectivity index is 1.90. The standard InChI is InChI=1S/C14H15F3N2S/c15-14(16,17)9-3-4-11-10(7-9)19-12(20-11)8-13(18)5-1-2-6-13/h3-4,7H,1-2,5-6,8,18H2. The molecule has 0 spiro atoms. The molecular formula is C14H15F3N2S. The van der Waals surface area contributed by atoms with Gasteiger partial charge in [0.15, 0.2) is 0 Å². The lowest BCUT2D eigenvalue weighted by molar-refractivity contribution is -0.137. The highest BCUT2D eigenvalue weighted by Gasteiger charge is 2.32. The van der Waals surface area contributed by atoms with E-state index in [1.54, 1.807) is 0 Å². The second kappa shape index (κ2) is 4.70. The van der Waals surface area contributed by atoms with E-state index >= 15 is 0 Å². The number of nitrogens with two attached hydrogens (primary N) is 1. The van der Waals surface area contributed by atoms with Crippen LogP contribution in [-0.2, 0) is 12.6 Å². The number of alkyl halides is 3. The second-order valence-corrected chi connectivity index (χ2v) is 6.65. The van der Waals surface area contributed by atoms with Crippen molar-refractivity contribution in [1.82, 2.24) is 4.98 Å². The van der Waals surface area contributed by atoms with Crippen molar-refractivity contribution >= 4 is 21.6 Å². The maximum absolute atomic E-state index is 12.7. The van der Waals surface area contributed by atoms with Crippen molar-refractivity contribution in [1.29, 1.82) is 0 Å². The van der Waals surface area contributed by atoms with E-state index in [1.807, 2.05) is 0 Å². The summed E-state index contributed by atoms with van der Waals surface area (Å²) >= 11 is 1.44. The first kappa shape index (κ1) is 13.8. The maximum Gasteiger partial charge on any atom is 0.416 e. The van der Waals surface area contributed by atoms with Crippen molar-refractivity contribution in [2.75, 3.05) is 0 Å². The van der Waals surface area contributed by atoms with E-state index in [0.29, 0.717) is 11.9 Å².